The highest BCUT2D eigenvalue weighted by Crippen LogP contribution is 2.23. The summed E-state index contributed by atoms with van der Waals surface area (Å²) < 4.78 is 5.22. The molecule has 0 spiro atoms. The molecule has 0 aliphatic carbocycles. The third-order valence-corrected chi connectivity index (χ3v) is 7.80. The van der Waals surface area contributed by atoms with E-state index in [2.05, 4.69) is 19.2 Å². The molecule has 0 fully saturated rings. The lowest BCUT2D eigenvalue weighted by atomic mass is 10.0. The van der Waals surface area contributed by atoms with Gasteiger partial charge in [-0.1, -0.05) is 86.6 Å². The summed E-state index contributed by atoms with van der Waals surface area (Å²) in [4.78, 5) is 41.1. The summed E-state index contributed by atoms with van der Waals surface area (Å²) in [6.07, 6.45) is 0.870. The van der Waals surface area contributed by atoms with Gasteiger partial charge in [0.2, 0.25) is 0 Å². The van der Waals surface area contributed by atoms with Crippen LogP contribution in [0.15, 0.2) is 89.8 Å². The number of carboxylic acids is 1. The number of hydrogen-bond acceptors (Lipinski definition) is 5. The van der Waals surface area contributed by atoms with Crippen molar-refractivity contribution in [3.05, 3.63) is 90.5 Å². The lowest BCUT2D eigenvalue weighted by molar-refractivity contribution is -0.144. The van der Waals surface area contributed by atoms with E-state index in [0.717, 1.165) is 21.6 Å². The maximum absolute atomic E-state index is 13.7. The van der Waals surface area contributed by atoms with Crippen LogP contribution in [-0.2, 0) is 20.7 Å². The van der Waals surface area contributed by atoms with E-state index in [1.165, 1.54) is 0 Å². The predicted octanol–water partition coefficient (Wildman–Crippen LogP) is 6.52. The summed E-state index contributed by atoms with van der Waals surface area (Å²) in [6, 6.07) is 25.3. The summed E-state index contributed by atoms with van der Waals surface area (Å²) >= 11 is 1.55. The number of urea groups is 1. The van der Waals surface area contributed by atoms with Gasteiger partial charge in [0.15, 0.2) is 0 Å². The van der Waals surface area contributed by atoms with Gasteiger partial charge in [0, 0.05) is 23.6 Å². The van der Waals surface area contributed by atoms with Crippen molar-refractivity contribution in [2.45, 2.75) is 57.0 Å². The highest BCUT2D eigenvalue weighted by Gasteiger charge is 2.30. The van der Waals surface area contributed by atoms with E-state index in [1.54, 1.807) is 23.6 Å². The number of nitrogens with one attached hydrogen (secondary N) is 1. The quantitative estimate of drug-likeness (QED) is 0.158. The van der Waals surface area contributed by atoms with Gasteiger partial charge in [0.1, 0.15) is 6.04 Å². The van der Waals surface area contributed by atoms with Crippen LogP contribution >= 0.6 is 11.8 Å². The van der Waals surface area contributed by atoms with Gasteiger partial charge in [-0.15, -0.1) is 11.8 Å². The normalized spacial score (nSPS) is 12.4. The SMILES string of the molecule is CCOC(=O)C[C@@H](CSc1ccccc1)N(CCC(C)C)C(=O)N[C@@H](Cc1ccc(-c2ccccc2)cc1)C(=O)O. The molecule has 3 rings (SSSR count). The van der Waals surface area contributed by atoms with E-state index in [1.807, 2.05) is 84.9 Å². The molecule has 0 saturated heterocycles. The van der Waals surface area contributed by atoms with Gasteiger partial charge in [-0.05, 0) is 48.1 Å². The van der Waals surface area contributed by atoms with Crippen molar-refractivity contribution in [1.82, 2.24) is 10.2 Å². The van der Waals surface area contributed by atoms with Crippen molar-refractivity contribution in [3.8, 4) is 11.1 Å². The predicted molar refractivity (Wildman–Crippen MR) is 164 cm³/mol. The molecule has 7 nitrogen and oxygen atoms in total. The molecule has 2 amide bonds. The number of amides is 2. The first kappa shape index (κ1) is 31.7. The number of hydrogen-bond donors (Lipinski definition) is 2. The third-order valence-electron chi connectivity index (χ3n) is 6.64. The van der Waals surface area contributed by atoms with Crippen LogP contribution in [0.25, 0.3) is 11.1 Å². The summed E-state index contributed by atoms with van der Waals surface area (Å²) in [7, 11) is 0. The number of thioether (sulfide) groups is 1. The van der Waals surface area contributed by atoms with Crippen LogP contribution in [0.1, 0.15) is 39.2 Å². The Morgan fingerprint density at radius 1 is 0.902 bits per heavy atom. The van der Waals surface area contributed by atoms with E-state index < -0.39 is 24.1 Å². The molecule has 0 heterocycles. The van der Waals surface area contributed by atoms with Gasteiger partial charge in [-0.25, -0.2) is 9.59 Å². The Kier molecular flexibility index (Phi) is 12.8. The number of rotatable bonds is 15. The molecule has 8 heteroatoms. The van der Waals surface area contributed by atoms with Gasteiger partial charge in [0.05, 0.1) is 19.1 Å². The number of benzene rings is 3. The number of carboxylic acid groups (broad SMARTS) is 1. The largest absolute Gasteiger partial charge is 0.480 e. The first-order chi connectivity index (χ1) is 19.8. The summed E-state index contributed by atoms with van der Waals surface area (Å²) in [5, 5.41) is 12.8. The number of esters is 1. The number of carbonyl (C=O) groups is 3. The Morgan fingerprint density at radius 3 is 2.10 bits per heavy atom. The Labute approximate surface area is 247 Å². The van der Waals surface area contributed by atoms with Crippen LogP contribution in [0.2, 0.25) is 0 Å². The molecule has 0 aliphatic heterocycles. The highest BCUT2D eigenvalue weighted by atomic mass is 32.2. The van der Waals surface area contributed by atoms with Crippen molar-refractivity contribution in [1.29, 1.82) is 0 Å². The number of carbonyl (C=O) groups excluding carboxylic acids is 2. The van der Waals surface area contributed by atoms with Crippen molar-refractivity contribution in [2.75, 3.05) is 18.9 Å². The van der Waals surface area contributed by atoms with E-state index >= 15 is 0 Å². The Balaban J connectivity index is 1.78. The molecule has 2 atom stereocenters. The molecular weight excluding hydrogens is 536 g/mol. The van der Waals surface area contributed by atoms with Gasteiger partial charge >= 0.3 is 18.0 Å². The van der Waals surface area contributed by atoms with E-state index in [0.29, 0.717) is 24.6 Å². The van der Waals surface area contributed by atoms with E-state index in [-0.39, 0.29) is 25.4 Å². The minimum Gasteiger partial charge on any atom is -0.480 e. The topological polar surface area (TPSA) is 95.9 Å². The second kappa shape index (κ2) is 16.5. The average Bonchev–Trinajstić information content (AvgIpc) is 2.96. The molecule has 0 aliphatic rings. The van der Waals surface area contributed by atoms with Crippen molar-refractivity contribution < 1.29 is 24.2 Å². The second-order valence-corrected chi connectivity index (χ2v) is 11.4. The molecule has 0 unspecified atom stereocenters. The van der Waals surface area contributed by atoms with Gasteiger partial charge in [-0.3, -0.25) is 4.79 Å². The van der Waals surface area contributed by atoms with Crippen LogP contribution in [0.3, 0.4) is 0 Å². The highest BCUT2D eigenvalue weighted by molar-refractivity contribution is 7.99. The van der Waals surface area contributed by atoms with Crippen molar-refractivity contribution >= 4 is 29.7 Å². The van der Waals surface area contributed by atoms with Crippen molar-refractivity contribution in [3.63, 3.8) is 0 Å². The molecule has 41 heavy (non-hydrogen) atoms. The molecule has 2 N–H and O–H groups in total. The molecular formula is C33H40N2O5S. The van der Waals surface area contributed by atoms with Crippen LogP contribution in [0.4, 0.5) is 4.79 Å². The number of ether oxygens (including phenoxy) is 1. The van der Waals surface area contributed by atoms with E-state index in [4.69, 9.17) is 4.74 Å². The number of nitrogens with zero attached hydrogens (tertiary/aromatic N) is 1. The standard InChI is InChI=1S/C33H40N2O5S/c1-4-40-31(36)22-28(23-41-29-13-9-6-10-14-29)35(20-19-24(2)3)33(39)34-30(32(37)38)21-25-15-17-27(18-16-25)26-11-7-5-8-12-26/h5-18,24,28,30H,4,19-23H2,1-3H3,(H,34,39)(H,37,38)/t28-,30-/m0/s1. The van der Waals surface area contributed by atoms with Gasteiger partial charge in [-0.2, -0.15) is 0 Å². The zero-order valence-corrected chi connectivity index (χ0v) is 24.8. The first-order valence-electron chi connectivity index (χ1n) is 14.0. The minimum absolute atomic E-state index is 0.0257. The number of aliphatic carboxylic acids is 1. The molecule has 3 aromatic carbocycles. The first-order valence-corrected chi connectivity index (χ1v) is 15.0. The van der Waals surface area contributed by atoms with Crippen LogP contribution < -0.4 is 5.32 Å². The maximum atomic E-state index is 13.7. The lowest BCUT2D eigenvalue weighted by Gasteiger charge is -2.33. The fourth-order valence-electron chi connectivity index (χ4n) is 4.36. The van der Waals surface area contributed by atoms with Crippen LogP contribution in [0, 0.1) is 5.92 Å². The second-order valence-electron chi connectivity index (χ2n) is 10.3. The third kappa shape index (κ3) is 10.6. The van der Waals surface area contributed by atoms with Crippen LogP contribution in [-0.4, -0.2) is 59.0 Å². The van der Waals surface area contributed by atoms with E-state index in [9.17, 15) is 19.5 Å². The zero-order valence-electron chi connectivity index (χ0n) is 24.0. The lowest BCUT2D eigenvalue weighted by Crippen LogP contribution is -2.53. The fraction of sp³-hybridized carbons (Fsp3) is 0.364. The smallest absolute Gasteiger partial charge is 0.326 e. The Hall–Kier alpha value is -3.78. The molecule has 0 aromatic heterocycles. The van der Waals surface area contributed by atoms with Gasteiger partial charge in [0.25, 0.3) is 0 Å². The molecule has 0 saturated carbocycles. The molecule has 218 valence electrons. The minimum atomic E-state index is -1.13. The maximum Gasteiger partial charge on any atom is 0.326 e. The summed E-state index contributed by atoms with van der Waals surface area (Å²) in [6.45, 7) is 6.52. The van der Waals surface area contributed by atoms with Crippen LogP contribution in [0.5, 0.6) is 0 Å². The average molecular weight is 577 g/mol. The molecule has 3 aromatic rings. The van der Waals surface area contributed by atoms with Gasteiger partial charge < -0.3 is 20.1 Å². The van der Waals surface area contributed by atoms with Crippen molar-refractivity contribution in [2.24, 2.45) is 5.92 Å². The zero-order chi connectivity index (χ0) is 29.6. The summed E-state index contributed by atoms with van der Waals surface area (Å²) in [5.74, 6) is -0.724. The Morgan fingerprint density at radius 2 is 1.51 bits per heavy atom. The molecule has 0 bridgehead atoms. The Bertz CT molecular complexity index is 1240. The fourth-order valence-corrected chi connectivity index (χ4v) is 5.39. The molecule has 0 radical (unpaired) electrons. The monoisotopic (exact) mass is 576 g/mol. The summed E-state index contributed by atoms with van der Waals surface area (Å²) in [5.41, 5.74) is 2.90.